The van der Waals surface area contributed by atoms with E-state index >= 15 is 0 Å². The highest BCUT2D eigenvalue weighted by Crippen LogP contribution is 2.45. The van der Waals surface area contributed by atoms with E-state index in [4.69, 9.17) is 37.0 Å². The summed E-state index contributed by atoms with van der Waals surface area (Å²) in [5, 5.41) is 10.6. The Morgan fingerprint density at radius 3 is 0.796 bits per heavy atom. The molecule has 2 unspecified atom stereocenters. The highest BCUT2D eigenvalue weighted by Gasteiger charge is 2.30. The molecule has 0 fully saturated rings. The minimum atomic E-state index is -5.03. The number of allylic oxidation sites excluding steroid dienone is 28. The number of hydrogen-bond donors (Lipinski definition) is 3. The molecule has 614 valence electrons. The van der Waals surface area contributed by atoms with Crippen molar-refractivity contribution >= 4 is 39.5 Å². The summed E-state index contributed by atoms with van der Waals surface area (Å²) in [5.41, 5.74) is 0. The van der Waals surface area contributed by atoms with E-state index in [9.17, 15) is 43.2 Å². The summed E-state index contributed by atoms with van der Waals surface area (Å²) in [5.74, 6) is -2.44. The number of phosphoric acid groups is 2. The van der Waals surface area contributed by atoms with E-state index in [1.807, 2.05) is 48.6 Å². The molecule has 0 aromatic heterocycles. The van der Waals surface area contributed by atoms with Gasteiger partial charge in [-0.2, -0.15) is 0 Å². The van der Waals surface area contributed by atoms with Crippen molar-refractivity contribution in [2.75, 3.05) is 39.6 Å². The molecule has 0 bridgehead atoms. The molecule has 0 radical (unpaired) electrons. The normalized spacial score (nSPS) is 14.7. The minimum Gasteiger partial charge on any atom is -0.462 e. The third-order valence-corrected chi connectivity index (χ3v) is 18.6. The quantitative estimate of drug-likeness (QED) is 0.0169. The average Bonchev–Trinajstić information content (AvgIpc) is 0.892. The van der Waals surface area contributed by atoms with Crippen molar-refractivity contribution in [2.24, 2.45) is 0 Å². The molecule has 17 nitrogen and oxygen atoms in total. The molecular weight excluding hydrogens is 1400 g/mol. The number of carbonyl (C=O) groups is 4. The van der Waals surface area contributed by atoms with Gasteiger partial charge in [-0.15, -0.1) is 0 Å². The molecule has 0 spiro atoms. The van der Waals surface area contributed by atoms with Crippen molar-refractivity contribution in [1.82, 2.24) is 0 Å². The second-order valence-corrected chi connectivity index (χ2v) is 29.9. The summed E-state index contributed by atoms with van der Waals surface area (Å²) in [6, 6.07) is 0. The standard InChI is InChI=1S/C89H146O17P2/c1-5-9-13-17-21-25-29-33-36-39-41-44-47-51-54-58-62-66-70-74-87(92)100-80-85(106-89(94)76-72-68-64-60-56-52-48-45-42-40-37-34-30-26-22-18-14-10-6-2)82-104-108(97,98)102-78-83(90)77-101-107(95,96)103-81-84(105-88(93)75-71-67-63-59-55-49-32-28-24-20-16-12-8-4)79-99-86(91)73-69-65-61-57-53-50-46-43-38-35-31-27-23-19-15-11-7-3/h21-23,25-27,33-38,41-42,44-46,50-52,54,56-57,61-62,64,66,68,83-85,90H,5-20,24,28-32,39-40,43,47-49,53,55,58-60,63,65,67,69-82H2,1-4H3,(H,95,96)(H,97,98)/b25-21-,26-22-,27-23-,36-33-,37-34-,38-35-,44-41-,45-42-,50-46-,54-51-,56-52-,61-57-,66-62-,68-64-/t83-,84+,85+/m0/s1. The number of carbonyl (C=O) groups excluding carboxylic acids is 4. The van der Waals surface area contributed by atoms with Gasteiger partial charge in [0.25, 0.3) is 0 Å². The van der Waals surface area contributed by atoms with Crippen LogP contribution in [0.2, 0.25) is 0 Å². The van der Waals surface area contributed by atoms with Crippen LogP contribution in [0.25, 0.3) is 0 Å². The van der Waals surface area contributed by atoms with Crippen LogP contribution >= 0.6 is 15.6 Å². The lowest BCUT2D eigenvalue weighted by atomic mass is 10.0. The summed E-state index contributed by atoms with van der Waals surface area (Å²) in [7, 11) is -10.0. The van der Waals surface area contributed by atoms with E-state index in [0.717, 1.165) is 103 Å². The number of aliphatic hydroxyl groups excluding tert-OH is 1. The first-order valence-electron chi connectivity index (χ1n) is 41.4. The molecule has 0 saturated heterocycles. The molecule has 0 aliphatic rings. The maximum Gasteiger partial charge on any atom is 0.472 e. The number of unbranched alkanes of at least 4 members (excludes halogenated alkanes) is 22. The molecule has 5 atom stereocenters. The highest BCUT2D eigenvalue weighted by atomic mass is 31.2. The molecule has 0 aromatic carbocycles. The third kappa shape index (κ3) is 78.5. The second-order valence-electron chi connectivity index (χ2n) is 27.0. The Balaban J connectivity index is 5.55. The monoisotopic (exact) mass is 1550 g/mol. The van der Waals surface area contributed by atoms with E-state index in [1.165, 1.54) is 109 Å². The summed E-state index contributed by atoms with van der Waals surface area (Å²) in [6.07, 6.45) is 95.1. The SMILES string of the molecule is CCCCC/C=C\C/C=C\C/C=C\C/C=C\C/C=C\CCC(=O)OC[C@H](COP(=O)(O)OC[C@@H](O)COP(=O)(O)OC[C@@H](COC(=O)CCC/C=C\C/C=C\C/C=C\C/C=C\CCCCC)OC(=O)CCCCCCCCCCCCCCC)OC(=O)CC/C=C\C/C=C\C/C=C\C/C=C\C/C=C\CCCCC. The van der Waals surface area contributed by atoms with Gasteiger partial charge in [-0.05, 0) is 141 Å². The number of esters is 4. The van der Waals surface area contributed by atoms with Gasteiger partial charge in [-0.25, -0.2) is 9.13 Å². The second kappa shape index (κ2) is 79.5. The van der Waals surface area contributed by atoms with Crippen LogP contribution in [-0.4, -0.2) is 96.7 Å². The zero-order valence-electron chi connectivity index (χ0n) is 67.2. The van der Waals surface area contributed by atoms with Crippen LogP contribution in [0.3, 0.4) is 0 Å². The van der Waals surface area contributed by atoms with Crippen molar-refractivity contribution in [2.45, 2.75) is 329 Å². The predicted octanol–water partition coefficient (Wildman–Crippen LogP) is 24.6. The van der Waals surface area contributed by atoms with Gasteiger partial charge in [0, 0.05) is 25.7 Å². The Kier molecular flexibility index (Phi) is 75.4. The van der Waals surface area contributed by atoms with Gasteiger partial charge in [0.1, 0.15) is 19.3 Å². The summed E-state index contributed by atoms with van der Waals surface area (Å²) in [6.45, 7) is 4.56. The minimum absolute atomic E-state index is 0.0158. The number of phosphoric ester groups is 2. The zero-order valence-corrected chi connectivity index (χ0v) is 69.0. The molecule has 3 N–H and O–H groups in total. The van der Waals surface area contributed by atoms with Crippen molar-refractivity contribution in [3.8, 4) is 0 Å². The van der Waals surface area contributed by atoms with Gasteiger partial charge in [-0.3, -0.25) is 37.3 Å². The Hall–Kier alpha value is -5.58. The Labute approximate surface area is 654 Å². The molecule has 0 aliphatic carbocycles. The lowest BCUT2D eigenvalue weighted by Crippen LogP contribution is -2.30. The number of rotatable bonds is 76. The summed E-state index contributed by atoms with van der Waals surface area (Å²) >= 11 is 0. The maximum atomic E-state index is 13.1. The Morgan fingerprint density at radius 2 is 0.481 bits per heavy atom. The lowest BCUT2D eigenvalue weighted by molar-refractivity contribution is -0.161. The lowest BCUT2D eigenvalue weighted by Gasteiger charge is -2.21. The third-order valence-electron chi connectivity index (χ3n) is 16.7. The Morgan fingerprint density at radius 1 is 0.259 bits per heavy atom. The smallest absolute Gasteiger partial charge is 0.462 e. The largest absolute Gasteiger partial charge is 0.472 e. The van der Waals surface area contributed by atoms with Gasteiger partial charge in [0.2, 0.25) is 0 Å². The molecule has 0 heterocycles. The van der Waals surface area contributed by atoms with Crippen LogP contribution in [0.15, 0.2) is 170 Å². The number of ether oxygens (including phenoxy) is 4. The zero-order chi connectivity index (χ0) is 78.9. The molecule has 0 amide bonds. The molecule has 108 heavy (non-hydrogen) atoms. The van der Waals surface area contributed by atoms with Gasteiger partial charge >= 0.3 is 39.5 Å². The van der Waals surface area contributed by atoms with E-state index in [1.54, 1.807) is 0 Å². The highest BCUT2D eigenvalue weighted by molar-refractivity contribution is 7.47. The van der Waals surface area contributed by atoms with Crippen LogP contribution < -0.4 is 0 Å². The van der Waals surface area contributed by atoms with E-state index in [-0.39, 0.29) is 25.7 Å². The van der Waals surface area contributed by atoms with E-state index in [2.05, 4.69) is 149 Å². The first kappa shape index (κ1) is 102. The van der Waals surface area contributed by atoms with Gasteiger partial charge in [-0.1, -0.05) is 313 Å². The fourth-order valence-corrected chi connectivity index (χ4v) is 11.9. The predicted molar refractivity (Wildman–Crippen MR) is 445 cm³/mol. The van der Waals surface area contributed by atoms with Gasteiger partial charge in [0.05, 0.1) is 26.4 Å². The summed E-state index contributed by atoms with van der Waals surface area (Å²) < 4.78 is 68.4. The maximum absolute atomic E-state index is 13.1. The van der Waals surface area contributed by atoms with Crippen LogP contribution in [0, 0.1) is 0 Å². The molecule has 19 heteroatoms. The van der Waals surface area contributed by atoms with Crippen LogP contribution in [0.4, 0.5) is 0 Å². The molecule has 0 saturated carbocycles. The molecule has 0 rings (SSSR count). The topological polar surface area (TPSA) is 237 Å². The van der Waals surface area contributed by atoms with Crippen molar-refractivity contribution in [3.05, 3.63) is 170 Å². The fourth-order valence-electron chi connectivity index (χ4n) is 10.4. The number of hydrogen-bond acceptors (Lipinski definition) is 15. The molecule has 0 aliphatic heterocycles. The van der Waals surface area contributed by atoms with Gasteiger partial charge in [0.15, 0.2) is 12.2 Å². The molecular formula is C89H146O17P2. The summed E-state index contributed by atoms with van der Waals surface area (Å²) in [4.78, 5) is 73.0. The van der Waals surface area contributed by atoms with Crippen LogP contribution in [-0.2, 0) is 65.4 Å². The number of aliphatic hydroxyl groups is 1. The van der Waals surface area contributed by atoms with Gasteiger partial charge < -0.3 is 33.8 Å². The first-order valence-corrected chi connectivity index (χ1v) is 44.4. The van der Waals surface area contributed by atoms with Crippen molar-refractivity contribution < 1.29 is 80.2 Å². The van der Waals surface area contributed by atoms with E-state index < -0.39 is 97.5 Å². The first-order chi connectivity index (χ1) is 52.7. The van der Waals surface area contributed by atoms with Crippen LogP contribution in [0.5, 0.6) is 0 Å². The average molecular weight is 1550 g/mol. The van der Waals surface area contributed by atoms with Crippen molar-refractivity contribution in [1.29, 1.82) is 0 Å². The van der Waals surface area contributed by atoms with Crippen molar-refractivity contribution in [3.63, 3.8) is 0 Å². The fraction of sp³-hybridized carbons (Fsp3) is 0.640. The molecule has 0 aromatic rings. The van der Waals surface area contributed by atoms with E-state index in [0.29, 0.717) is 44.9 Å². The Bertz CT molecular complexity index is 2710. The van der Waals surface area contributed by atoms with Crippen LogP contribution in [0.1, 0.15) is 310 Å².